The van der Waals surface area contributed by atoms with E-state index in [2.05, 4.69) is 216 Å². The maximum Gasteiger partial charge on any atom is 0.193 e. The molecule has 5 aliphatic heterocycles. The van der Waals surface area contributed by atoms with Crippen molar-refractivity contribution in [2.45, 2.75) is 377 Å². The number of hydrogen-bond acceptors (Lipinski definition) is 13. The van der Waals surface area contributed by atoms with Crippen LogP contribution in [0.3, 0.4) is 0 Å². The van der Waals surface area contributed by atoms with Gasteiger partial charge in [-0.05, 0) is 163 Å². The number of Topliss-reactive ketones (excluding diaryl/α,β-unsaturated/α-hetero) is 1. The molecule has 5 rings (SSSR count). The zero-order chi connectivity index (χ0) is 67.6. The molecule has 0 radical (unpaired) electrons. The van der Waals surface area contributed by atoms with Crippen LogP contribution in [0.2, 0.25) is 90.7 Å². The quantitative estimate of drug-likeness (QED) is 0.0318. The van der Waals surface area contributed by atoms with Gasteiger partial charge in [-0.1, -0.05) is 147 Å². The van der Waals surface area contributed by atoms with E-state index in [0.29, 0.717) is 44.6 Å². The monoisotopic (exact) mass is 1450 g/mol. The minimum Gasteiger partial charge on any atom is -0.414 e. The first kappa shape index (κ1) is 79.9. The van der Waals surface area contributed by atoms with Gasteiger partial charge in [0.15, 0.2) is 41.6 Å². The number of carbonyl (C=O) groups excluding carboxylic acids is 2. The first-order chi connectivity index (χ1) is 40.5. The second-order valence-electron chi connectivity index (χ2n) is 35.6. The van der Waals surface area contributed by atoms with E-state index in [9.17, 15) is 4.79 Å². The number of halogens is 1. The smallest absolute Gasteiger partial charge is 0.193 e. The van der Waals surface area contributed by atoms with Crippen molar-refractivity contribution in [2.24, 2.45) is 17.8 Å². The van der Waals surface area contributed by atoms with Gasteiger partial charge in [-0.3, -0.25) is 4.79 Å². The molecule has 0 aliphatic carbocycles. The molecule has 0 aromatic rings. The number of rotatable bonds is 28. The Balaban J connectivity index is 1.51. The SMILES string of the molecule is C=C1[C@H](C)C[C@H](CC[C@@H]2O[C@@H](CCC=O)CC2C)O[C@@H]1C[C@@H]1O[C@H](C[C@@H](CO[Si](C)(C)C(C)(C)C)O[Si](C)(C)C(C)(C)C)[C@H](OC)[C@H]1CC(=O)C[C@H]1CC[C@@H]2O[C@@H](C(/C=C/I)O[Si](C)(C)C(C)(C)C)C(O[Si](C)(C)C(C)(C)C)C(O[Si](C)(C)C(C)(C)C)[C@H]2O1. The lowest BCUT2D eigenvalue weighted by molar-refractivity contribution is -0.266. The van der Waals surface area contributed by atoms with Gasteiger partial charge in [-0.2, -0.15) is 0 Å². The van der Waals surface area contributed by atoms with Crippen LogP contribution in [-0.4, -0.2) is 159 Å². The summed E-state index contributed by atoms with van der Waals surface area (Å²) in [7, 11) is -10.0. The van der Waals surface area contributed by atoms with Crippen LogP contribution in [-0.2, 0) is 60.1 Å². The van der Waals surface area contributed by atoms with Gasteiger partial charge in [-0.25, -0.2) is 0 Å². The molecule has 89 heavy (non-hydrogen) atoms. The molecular formula is C70H133IO13Si5. The van der Waals surface area contributed by atoms with Crippen molar-refractivity contribution < 1.29 is 60.1 Å². The Morgan fingerprint density at radius 1 is 0.618 bits per heavy atom. The minimum atomic E-state index is -2.50. The topological polar surface area (TPSA) is 136 Å². The first-order valence-corrected chi connectivity index (χ1v) is 50.3. The van der Waals surface area contributed by atoms with E-state index >= 15 is 4.79 Å². The molecule has 19 heteroatoms. The van der Waals surface area contributed by atoms with Crippen molar-refractivity contribution in [3.05, 3.63) is 22.3 Å². The Morgan fingerprint density at radius 2 is 1.17 bits per heavy atom. The Morgan fingerprint density at radius 3 is 1.71 bits per heavy atom. The maximum absolute atomic E-state index is 15.4. The highest BCUT2D eigenvalue weighted by atomic mass is 127. The third-order valence-electron chi connectivity index (χ3n) is 23.6. The van der Waals surface area contributed by atoms with Gasteiger partial charge < -0.3 is 55.3 Å². The summed E-state index contributed by atoms with van der Waals surface area (Å²) in [5.74, 6) is 0.520. The third-order valence-corrected chi connectivity index (χ3v) is 46.4. The molecule has 5 saturated heterocycles. The van der Waals surface area contributed by atoms with Crippen LogP contribution in [0.5, 0.6) is 0 Å². The largest absolute Gasteiger partial charge is 0.414 e. The summed E-state index contributed by atoms with van der Waals surface area (Å²) in [5, 5.41) is -0.253. The van der Waals surface area contributed by atoms with Crippen LogP contribution < -0.4 is 0 Å². The van der Waals surface area contributed by atoms with Crippen LogP contribution in [0.1, 0.15) is 195 Å². The fraction of sp³-hybridized carbons (Fsp3) is 0.914. The average molecular weight is 1450 g/mol. The Hall–Kier alpha value is 0.194. The number of ketones is 1. The fourth-order valence-corrected chi connectivity index (χ4v) is 19.1. The summed E-state index contributed by atoms with van der Waals surface area (Å²) in [6.45, 7) is 67.2. The van der Waals surface area contributed by atoms with Gasteiger partial charge in [0, 0.05) is 45.1 Å². The van der Waals surface area contributed by atoms with Gasteiger partial charge in [0.05, 0.1) is 73.8 Å². The molecule has 0 aromatic carbocycles. The molecule has 18 atom stereocenters. The molecular weight excluding hydrogens is 1320 g/mol. The highest BCUT2D eigenvalue weighted by Gasteiger charge is 2.59. The molecule has 13 nitrogen and oxygen atoms in total. The van der Waals surface area contributed by atoms with E-state index in [-0.39, 0.29) is 117 Å². The maximum atomic E-state index is 15.4. The fourth-order valence-electron chi connectivity index (χ4n) is 12.5. The summed E-state index contributed by atoms with van der Waals surface area (Å²) in [6, 6.07) is 0. The summed E-state index contributed by atoms with van der Waals surface area (Å²) in [4.78, 5) is 26.6. The molecule has 0 amide bonds. The van der Waals surface area contributed by atoms with Crippen LogP contribution in [0.15, 0.2) is 22.3 Å². The number of carbonyl (C=O) groups is 2. The Labute approximate surface area is 563 Å². The summed E-state index contributed by atoms with van der Waals surface area (Å²) >= 11 is 2.32. The Bertz CT molecular complexity index is 2310. The summed E-state index contributed by atoms with van der Waals surface area (Å²) < 4.78 is 81.9. The van der Waals surface area contributed by atoms with E-state index < -0.39 is 72.1 Å². The van der Waals surface area contributed by atoms with Gasteiger partial charge in [-0.15, -0.1) is 0 Å². The van der Waals surface area contributed by atoms with Crippen molar-refractivity contribution in [3.8, 4) is 0 Å². The summed E-state index contributed by atoms with van der Waals surface area (Å²) in [6.07, 6.45) is 6.88. The van der Waals surface area contributed by atoms with Crippen LogP contribution in [0.4, 0.5) is 0 Å². The first-order valence-electron chi connectivity index (χ1n) is 34.6. The molecule has 5 aliphatic rings. The molecule has 0 N–H and O–H groups in total. The predicted octanol–water partition coefficient (Wildman–Crippen LogP) is 18.3. The molecule has 0 saturated carbocycles. The van der Waals surface area contributed by atoms with E-state index in [4.69, 9.17) is 57.1 Å². The normalized spacial score (nSPS) is 32.6. The zero-order valence-electron chi connectivity index (χ0n) is 61.7. The molecule has 0 spiro atoms. The van der Waals surface area contributed by atoms with Crippen molar-refractivity contribution in [1.82, 2.24) is 0 Å². The van der Waals surface area contributed by atoms with Gasteiger partial charge >= 0.3 is 0 Å². The Kier molecular flexibility index (Phi) is 27.8. The van der Waals surface area contributed by atoms with Crippen molar-refractivity contribution >= 4 is 76.2 Å². The van der Waals surface area contributed by atoms with Gasteiger partial charge in [0.2, 0.25) is 0 Å². The van der Waals surface area contributed by atoms with E-state index in [1.165, 1.54) is 0 Å². The molecule has 5 fully saturated rings. The van der Waals surface area contributed by atoms with E-state index in [1.807, 2.05) is 0 Å². The number of ether oxygens (including phenoxy) is 6. The van der Waals surface area contributed by atoms with Crippen LogP contribution in [0.25, 0.3) is 0 Å². The lowest BCUT2D eigenvalue weighted by atomic mass is 9.81. The average Bonchev–Trinajstić information content (AvgIpc) is 1.26. The lowest BCUT2D eigenvalue weighted by Gasteiger charge is -2.56. The minimum absolute atomic E-state index is 0.0200. The zero-order valence-corrected chi connectivity index (χ0v) is 68.9. The van der Waals surface area contributed by atoms with Gasteiger partial charge in [0.25, 0.3) is 0 Å². The second kappa shape index (κ2) is 30.9. The van der Waals surface area contributed by atoms with Crippen molar-refractivity contribution in [1.29, 1.82) is 0 Å². The standard InChI is InChI=1S/C70H133IO13Si5/c1-46-39-51(32-34-55-47(2)40-50(76-55)31-30-38-72)77-58(48(46)3)44-59-54(61(74-19)60(79-59)43-53(81-86(22,23)67(7,8)9)45-75-85(20,21)66(4,5)6)42-49(73)41-52-33-35-56-62(78-52)64(83-88(26,27)69(13,14)15)65(84-89(28,29)70(16,17)18)63(80-56)57(36-37-71)82-87(24,25)68(10,11)12/h36-38,46-47,50-65H,3,30-35,39-45H2,1-2,4-29H3/b37-36+/t46-,47?,50+,51+,52-,53+,54+,55+,56+,57?,58-,59+,60-,61-,62+,63+,64?,65?/m1/s1. The molecule has 5 heterocycles. The predicted molar refractivity (Wildman–Crippen MR) is 386 cm³/mol. The number of fused-ring (bicyclic) bond motifs is 1. The molecule has 518 valence electrons. The van der Waals surface area contributed by atoms with Crippen molar-refractivity contribution in [3.63, 3.8) is 0 Å². The number of aldehydes is 1. The van der Waals surface area contributed by atoms with E-state index in [1.54, 1.807) is 7.11 Å². The number of hydrogen-bond donors (Lipinski definition) is 0. The van der Waals surface area contributed by atoms with Crippen molar-refractivity contribution in [2.75, 3.05) is 13.7 Å². The molecule has 4 unspecified atom stereocenters. The van der Waals surface area contributed by atoms with Crippen LogP contribution >= 0.6 is 22.6 Å². The lowest BCUT2D eigenvalue weighted by Crippen LogP contribution is -2.69. The van der Waals surface area contributed by atoms with Crippen LogP contribution in [0, 0.1) is 17.8 Å². The number of methoxy groups -OCH3 is 1. The molecule has 0 bridgehead atoms. The third kappa shape index (κ3) is 20.6. The summed E-state index contributed by atoms with van der Waals surface area (Å²) in [5.41, 5.74) is 1.07. The highest BCUT2D eigenvalue weighted by molar-refractivity contribution is 14.1. The highest BCUT2D eigenvalue weighted by Crippen LogP contribution is 2.50. The second-order valence-corrected chi connectivity index (χ2v) is 60.2. The van der Waals surface area contributed by atoms with Gasteiger partial charge in [0.1, 0.15) is 36.5 Å². The van der Waals surface area contributed by atoms with E-state index in [0.717, 1.165) is 44.0 Å². The molecule has 0 aromatic heterocycles.